The summed E-state index contributed by atoms with van der Waals surface area (Å²) in [4.78, 5) is 0. The Morgan fingerprint density at radius 1 is 0.750 bits per heavy atom. The second kappa shape index (κ2) is 6.13. The topological polar surface area (TPSA) is 12.0 Å². The lowest BCUT2D eigenvalue weighted by Crippen LogP contribution is -1.97. The molecular weight excluding hydrogens is 242 g/mol. The smallest absolute Gasteiger partial charge is 0.0389 e. The molecule has 0 spiro atoms. The van der Waals surface area contributed by atoms with Crippen LogP contribution in [0.2, 0.25) is 0 Å². The van der Waals surface area contributed by atoms with Gasteiger partial charge >= 0.3 is 0 Å². The number of aryl methyl sites for hydroxylation is 4. The van der Waals surface area contributed by atoms with E-state index in [4.69, 9.17) is 0 Å². The Balaban J connectivity index is 2.30. The largest absolute Gasteiger partial charge is 0.356 e. The summed E-state index contributed by atoms with van der Waals surface area (Å²) in [5, 5.41) is 3.54. The van der Waals surface area contributed by atoms with Crippen LogP contribution in [-0.4, -0.2) is 0 Å². The molecule has 0 saturated heterocycles. The molecule has 0 heterocycles. The molecule has 2 aromatic rings. The van der Waals surface area contributed by atoms with Gasteiger partial charge in [-0.1, -0.05) is 19.9 Å². The van der Waals surface area contributed by atoms with Crippen LogP contribution in [0.5, 0.6) is 0 Å². The summed E-state index contributed by atoms with van der Waals surface area (Å²) in [6.45, 7) is 11.0. The molecule has 0 aliphatic rings. The maximum Gasteiger partial charge on any atom is 0.0389 e. The van der Waals surface area contributed by atoms with Gasteiger partial charge < -0.3 is 5.32 Å². The molecule has 0 fully saturated rings. The number of anilines is 2. The van der Waals surface area contributed by atoms with Crippen molar-refractivity contribution in [2.24, 2.45) is 0 Å². The minimum absolute atomic E-state index is 1.09. The molecule has 2 aromatic carbocycles. The third-order valence-corrected chi connectivity index (χ3v) is 4.18. The summed E-state index contributed by atoms with van der Waals surface area (Å²) in [5.41, 5.74) is 9.32. The van der Waals surface area contributed by atoms with E-state index in [1.165, 1.54) is 39.2 Å². The number of hydrogen-bond donors (Lipinski definition) is 1. The fourth-order valence-corrected chi connectivity index (χ4v) is 2.65. The van der Waals surface area contributed by atoms with E-state index in [1.807, 2.05) is 0 Å². The molecule has 0 amide bonds. The molecule has 0 atom stereocenters. The molecule has 20 heavy (non-hydrogen) atoms. The molecule has 1 heteroatoms. The third kappa shape index (κ3) is 3.04. The summed E-state index contributed by atoms with van der Waals surface area (Å²) < 4.78 is 0. The molecule has 106 valence electrons. The van der Waals surface area contributed by atoms with Crippen LogP contribution in [-0.2, 0) is 12.8 Å². The Kier molecular flexibility index (Phi) is 4.49. The normalized spacial score (nSPS) is 10.7. The zero-order valence-corrected chi connectivity index (χ0v) is 13.3. The molecule has 0 saturated carbocycles. The van der Waals surface area contributed by atoms with Crippen molar-refractivity contribution in [1.29, 1.82) is 0 Å². The van der Waals surface area contributed by atoms with Crippen LogP contribution >= 0.6 is 0 Å². The SMILES string of the molecule is CCc1ccc(Nc2cc(C)c(C)c(C)c2)cc1CC. The molecular formula is C19H25N. The standard InChI is InChI=1S/C19H25N/c1-6-16-8-9-18(12-17(16)7-2)20-19-10-13(3)15(5)14(4)11-19/h8-12,20H,6-7H2,1-5H3. The van der Waals surface area contributed by atoms with Gasteiger partial charge in [-0.2, -0.15) is 0 Å². The fraction of sp³-hybridized carbons (Fsp3) is 0.368. The Hall–Kier alpha value is -1.76. The van der Waals surface area contributed by atoms with Gasteiger partial charge in [0.05, 0.1) is 0 Å². The Bertz CT molecular complexity index is 588. The molecule has 0 aliphatic carbocycles. The minimum Gasteiger partial charge on any atom is -0.356 e. The lowest BCUT2D eigenvalue weighted by molar-refractivity contribution is 1.04. The van der Waals surface area contributed by atoms with E-state index in [1.54, 1.807) is 0 Å². The molecule has 1 N–H and O–H groups in total. The van der Waals surface area contributed by atoms with Crippen LogP contribution in [0.1, 0.15) is 41.7 Å². The van der Waals surface area contributed by atoms with E-state index in [0.717, 1.165) is 12.8 Å². The van der Waals surface area contributed by atoms with Gasteiger partial charge in [0.1, 0.15) is 0 Å². The number of nitrogens with one attached hydrogen (secondary N) is 1. The average molecular weight is 267 g/mol. The molecule has 0 aromatic heterocycles. The molecule has 0 radical (unpaired) electrons. The number of hydrogen-bond acceptors (Lipinski definition) is 1. The van der Waals surface area contributed by atoms with Gasteiger partial charge in [-0.3, -0.25) is 0 Å². The average Bonchev–Trinajstić information content (AvgIpc) is 2.44. The van der Waals surface area contributed by atoms with Gasteiger partial charge in [-0.05, 0) is 85.7 Å². The van der Waals surface area contributed by atoms with Crippen molar-refractivity contribution in [2.45, 2.75) is 47.5 Å². The first-order chi connectivity index (χ1) is 9.55. The quantitative estimate of drug-likeness (QED) is 0.773. The molecule has 0 aliphatic heterocycles. The van der Waals surface area contributed by atoms with Crippen molar-refractivity contribution in [3.8, 4) is 0 Å². The van der Waals surface area contributed by atoms with Crippen LogP contribution in [0.4, 0.5) is 11.4 Å². The van der Waals surface area contributed by atoms with Gasteiger partial charge in [0.2, 0.25) is 0 Å². The second-order valence-electron chi connectivity index (χ2n) is 5.55. The van der Waals surface area contributed by atoms with Gasteiger partial charge in [0.15, 0.2) is 0 Å². The summed E-state index contributed by atoms with van der Waals surface area (Å²) in [6.07, 6.45) is 2.19. The predicted octanol–water partition coefficient (Wildman–Crippen LogP) is 5.48. The van der Waals surface area contributed by atoms with E-state index in [2.05, 4.69) is 70.3 Å². The number of rotatable bonds is 4. The van der Waals surface area contributed by atoms with Gasteiger partial charge in [-0.15, -0.1) is 0 Å². The maximum absolute atomic E-state index is 3.54. The lowest BCUT2D eigenvalue weighted by Gasteiger charge is -2.14. The zero-order chi connectivity index (χ0) is 14.7. The van der Waals surface area contributed by atoms with Gasteiger partial charge in [0.25, 0.3) is 0 Å². The monoisotopic (exact) mass is 267 g/mol. The van der Waals surface area contributed by atoms with Crippen molar-refractivity contribution in [3.05, 3.63) is 58.1 Å². The summed E-state index contributed by atoms with van der Waals surface area (Å²) >= 11 is 0. The first-order valence-electron chi connectivity index (χ1n) is 7.51. The summed E-state index contributed by atoms with van der Waals surface area (Å²) in [7, 11) is 0. The van der Waals surface area contributed by atoms with Crippen molar-refractivity contribution < 1.29 is 0 Å². The minimum atomic E-state index is 1.09. The van der Waals surface area contributed by atoms with Crippen LogP contribution in [0, 0.1) is 20.8 Å². The van der Waals surface area contributed by atoms with E-state index in [0.29, 0.717) is 0 Å². The van der Waals surface area contributed by atoms with Crippen molar-refractivity contribution in [2.75, 3.05) is 5.32 Å². The highest BCUT2D eigenvalue weighted by Crippen LogP contribution is 2.24. The van der Waals surface area contributed by atoms with Crippen LogP contribution in [0.25, 0.3) is 0 Å². The lowest BCUT2D eigenvalue weighted by atomic mass is 10.0. The van der Waals surface area contributed by atoms with Gasteiger partial charge in [0, 0.05) is 11.4 Å². The first-order valence-corrected chi connectivity index (χ1v) is 7.51. The highest BCUT2D eigenvalue weighted by Gasteiger charge is 2.04. The van der Waals surface area contributed by atoms with E-state index in [9.17, 15) is 0 Å². The molecule has 1 nitrogen and oxygen atoms in total. The fourth-order valence-electron chi connectivity index (χ4n) is 2.65. The summed E-state index contributed by atoms with van der Waals surface area (Å²) in [6, 6.07) is 11.2. The third-order valence-electron chi connectivity index (χ3n) is 4.18. The summed E-state index contributed by atoms with van der Waals surface area (Å²) in [5.74, 6) is 0. The van der Waals surface area contributed by atoms with Crippen molar-refractivity contribution >= 4 is 11.4 Å². The Morgan fingerprint density at radius 3 is 1.90 bits per heavy atom. The van der Waals surface area contributed by atoms with E-state index in [-0.39, 0.29) is 0 Å². The predicted molar refractivity (Wildman–Crippen MR) is 89.1 cm³/mol. The van der Waals surface area contributed by atoms with Crippen molar-refractivity contribution in [3.63, 3.8) is 0 Å². The highest BCUT2D eigenvalue weighted by molar-refractivity contribution is 5.63. The molecule has 2 rings (SSSR count). The Labute approximate surface area is 123 Å². The molecule has 0 unspecified atom stereocenters. The van der Waals surface area contributed by atoms with Crippen LogP contribution < -0.4 is 5.32 Å². The highest BCUT2D eigenvalue weighted by atomic mass is 14.9. The molecule has 0 bridgehead atoms. The van der Waals surface area contributed by atoms with Gasteiger partial charge in [-0.25, -0.2) is 0 Å². The second-order valence-corrected chi connectivity index (χ2v) is 5.55. The number of benzene rings is 2. The van der Waals surface area contributed by atoms with Crippen molar-refractivity contribution in [1.82, 2.24) is 0 Å². The maximum atomic E-state index is 3.54. The van der Waals surface area contributed by atoms with E-state index >= 15 is 0 Å². The zero-order valence-electron chi connectivity index (χ0n) is 13.3. The van der Waals surface area contributed by atoms with Crippen LogP contribution in [0.15, 0.2) is 30.3 Å². The first kappa shape index (κ1) is 14.6. The Morgan fingerprint density at radius 2 is 1.35 bits per heavy atom. The van der Waals surface area contributed by atoms with Crippen LogP contribution in [0.3, 0.4) is 0 Å². The van der Waals surface area contributed by atoms with E-state index < -0.39 is 0 Å².